The average molecular weight is 606 g/mol. The fraction of sp³-hybridized carbons (Fsp3) is 0.559. The van der Waals surface area contributed by atoms with Crippen molar-refractivity contribution >= 4 is 28.8 Å². The number of fused-ring (bicyclic) bond motifs is 1. The molecule has 44 heavy (non-hydrogen) atoms. The molecule has 0 unspecified atom stereocenters. The van der Waals surface area contributed by atoms with Crippen LogP contribution in [0.3, 0.4) is 0 Å². The number of aryl methyl sites for hydroxylation is 1. The summed E-state index contributed by atoms with van der Waals surface area (Å²) in [6.07, 6.45) is 3.10. The molecule has 0 radical (unpaired) electrons. The number of carboxylic acid groups (broad SMARTS) is 1. The van der Waals surface area contributed by atoms with Gasteiger partial charge in [-0.25, -0.2) is 14.4 Å². The van der Waals surface area contributed by atoms with Crippen molar-refractivity contribution in [3.8, 4) is 11.1 Å². The van der Waals surface area contributed by atoms with E-state index in [4.69, 9.17) is 4.74 Å². The first-order chi connectivity index (χ1) is 20.8. The maximum absolute atomic E-state index is 13.4. The molecule has 0 saturated carbocycles. The van der Waals surface area contributed by atoms with Gasteiger partial charge >= 0.3 is 17.8 Å². The molecule has 10 nitrogen and oxygen atoms in total. The number of aromatic nitrogens is 2. The van der Waals surface area contributed by atoms with Gasteiger partial charge in [0.25, 0.3) is 0 Å². The Kier molecular flexibility index (Phi) is 8.84. The second-order valence-corrected chi connectivity index (χ2v) is 13.4. The summed E-state index contributed by atoms with van der Waals surface area (Å²) in [5.74, 6) is -0.969. The maximum Gasteiger partial charge on any atom is 0.410 e. The van der Waals surface area contributed by atoms with Crippen molar-refractivity contribution in [2.45, 2.75) is 78.0 Å². The zero-order valence-electron chi connectivity index (χ0n) is 27.2. The Balaban J connectivity index is 1.48. The van der Waals surface area contributed by atoms with Crippen LogP contribution < -0.4 is 10.6 Å². The van der Waals surface area contributed by atoms with Gasteiger partial charge in [0.15, 0.2) is 0 Å². The first-order valence-electron chi connectivity index (χ1n) is 15.8. The number of nitrogens with zero attached hydrogens (tertiary/aromatic N) is 5. The summed E-state index contributed by atoms with van der Waals surface area (Å²) >= 11 is 0. The van der Waals surface area contributed by atoms with Crippen LogP contribution in [0.4, 0.5) is 10.5 Å². The summed E-state index contributed by atoms with van der Waals surface area (Å²) in [6, 6.07) is 10.2. The van der Waals surface area contributed by atoms with E-state index in [0.717, 1.165) is 72.2 Å². The van der Waals surface area contributed by atoms with Gasteiger partial charge in [-0.05, 0) is 121 Å². The summed E-state index contributed by atoms with van der Waals surface area (Å²) < 4.78 is 9.23. The lowest BCUT2D eigenvalue weighted by molar-refractivity contribution is 0.0204. The van der Waals surface area contributed by atoms with Gasteiger partial charge in [-0.3, -0.25) is 9.13 Å². The van der Waals surface area contributed by atoms with Crippen LogP contribution in [0.2, 0.25) is 0 Å². The number of aromatic carboxylic acids is 1. The number of imidazole rings is 1. The van der Waals surface area contributed by atoms with Crippen LogP contribution in [0, 0.1) is 6.92 Å². The smallest absolute Gasteiger partial charge is 0.410 e. The first-order valence-corrected chi connectivity index (χ1v) is 15.8. The third-order valence-corrected chi connectivity index (χ3v) is 9.29. The molecule has 2 saturated heterocycles. The predicted molar refractivity (Wildman–Crippen MR) is 174 cm³/mol. The van der Waals surface area contributed by atoms with Gasteiger partial charge in [0, 0.05) is 44.5 Å². The minimum Gasteiger partial charge on any atom is -0.478 e. The van der Waals surface area contributed by atoms with Crippen LogP contribution >= 0.6 is 0 Å². The molecule has 2 aromatic carbocycles. The molecule has 0 atom stereocenters. The lowest BCUT2D eigenvalue weighted by Crippen LogP contribution is -2.48. The molecule has 2 aliphatic heterocycles. The first kappa shape index (κ1) is 31.6. The molecule has 238 valence electrons. The molecule has 10 heteroatoms. The van der Waals surface area contributed by atoms with Crippen LogP contribution in [0.1, 0.15) is 75.3 Å². The van der Waals surface area contributed by atoms with Crippen molar-refractivity contribution < 1.29 is 19.4 Å². The molecule has 5 rings (SSSR count). The van der Waals surface area contributed by atoms with Gasteiger partial charge in [0.1, 0.15) is 5.60 Å². The maximum atomic E-state index is 13.4. The van der Waals surface area contributed by atoms with Crippen LogP contribution in [0.5, 0.6) is 0 Å². The van der Waals surface area contributed by atoms with Crippen LogP contribution in [0.25, 0.3) is 22.2 Å². The molecule has 2 fully saturated rings. The van der Waals surface area contributed by atoms with E-state index in [2.05, 4.69) is 29.8 Å². The highest BCUT2D eigenvalue weighted by molar-refractivity contribution is 5.94. The molecule has 1 aromatic heterocycles. The number of amides is 1. The number of hydrogen-bond donors (Lipinski definition) is 1. The molecule has 1 N–H and O–H groups in total. The highest BCUT2D eigenvalue weighted by Crippen LogP contribution is 2.35. The quantitative estimate of drug-likeness (QED) is 0.396. The predicted octanol–water partition coefficient (Wildman–Crippen LogP) is 5.51. The molecular weight excluding hydrogens is 558 g/mol. The van der Waals surface area contributed by atoms with Crippen molar-refractivity contribution in [2.24, 2.45) is 7.05 Å². The number of likely N-dealkylation sites (tertiary alicyclic amines) is 2. The highest BCUT2D eigenvalue weighted by atomic mass is 16.6. The topological polar surface area (TPSA) is 100 Å². The minimum absolute atomic E-state index is 0.0163. The molecule has 1 amide bonds. The number of anilines is 1. The molecule has 0 spiro atoms. The zero-order valence-corrected chi connectivity index (χ0v) is 27.2. The normalized spacial score (nSPS) is 17.3. The number of carboxylic acids is 1. The number of carbonyl (C=O) groups is 2. The van der Waals surface area contributed by atoms with Crippen LogP contribution in [-0.4, -0.2) is 87.5 Å². The lowest BCUT2D eigenvalue weighted by Gasteiger charge is -2.40. The summed E-state index contributed by atoms with van der Waals surface area (Å²) in [5.41, 5.74) is 4.73. The van der Waals surface area contributed by atoms with Gasteiger partial charge in [-0.1, -0.05) is 6.07 Å². The number of carbonyl (C=O) groups excluding carboxylic acids is 1. The molecule has 3 heterocycles. The Morgan fingerprint density at radius 2 is 1.61 bits per heavy atom. The van der Waals surface area contributed by atoms with Gasteiger partial charge in [-0.15, -0.1) is 0 Å². The van der Waals surface area contributed by atoms with E-state index < -0.39 is 11.6 Å². The number of hydrogen-bond acceptors (Lipinski definition) is 6. The zero-order chi connectivity index (χ0) is 31.9. The van der Waals surface area contributed by atoms with E-state index in [1.54, 1.807) is 15.5 Å². The fourth-order valence-corrected chi connectivity index (χ4v) is 6.85. The Hall–Kier alpha value is -3.79. The van der Waals surface area contributed by atoms with Crippen LogP contribution in [-0.2, 0) is 11.8 Å². The van der Waals surface area contributed by atoms with Gasteiger partial charge in [-0.2, -0.15) is 0 Å². The van der Waals surface area contributed by atoms with Gasteiger partial charge in [0.2, 0.25) is 0 Å². The Morgan fingerprint density at radius 1 is 0.955 bits per heavy atom. The molecule has 0 aliphatic carbocycles. The van der Waals surface area contributed by atoms with E-state index in [1.165, 1.54) is 0 Å². The number of ether oxygens (including phenoxy) is 1. The third-order valence-electron chi connectivity index (χ3n) is 9.29. The minimum atomic E-state index is -0.969. The van der Waals surface area contributed by atoms with E-state index >= 15 is 0 Å². The number of rotatable bonds is 6. The molecular formula is C34H47N5O5. The van der Waals surface area contributed by atoms with Gasteiger partial charge < -0.3 is 24.5 Å². The van der Waals surface area contributed by atoms with Crippen molar-refractivity contribution in [1.82, 2.24) is 18.9 Å². The largest absolute Gasteiger partial charge is 0.478 e. The molecule has 0 bridgehead atoms. The van der Waals surface area contributed by atoms with E-state index in [-0.39, 0.29) is 29.4 Å². The van der Waals surface area contributed by atoms with Gasteiger partial charge in [0.05, 0.1) is 16.6 Å². The third kappa shape index (κ3) is 6.22. The molecule has 3 aromatic rings. The second kappa shape index (κ2) is 12.3. The molecule has 2 aliphatic rings. The van der Waals surface area contributed by atoms with Crippen LogP contribution in [0.15, 0.2) is 35.1 Å². The van der Waals surface area contributed by atoms with Crippen molar-refractivity contribution in [2.75, 3.05) is 44.7 Å². The highest BCUT2D eigenvalue weighted by Gasteiger charge is 2.31. The second-order valence-electron chi connectivity index (χ2n) is 13.4. The lowest BCUT2D eigenvalue weighted by atomic mass is 9.95. The van der Waals surface area contributed by atoms with E-state index in [1.807, 2.05) is 57.5 Å². The average Bonchev–Trinajstić information content (AvgIpc) is 3.23. The Morgan fingerprint density at radius 3 is 2.20 bits per heavy atom. The monoisotopic (exact) mass is 605 g/mol. The summed E-state index contributed by atoms with van der Waals surface area (Å²) in [4.78, 5) is 44.8. The van der Waals surface area contributed by atoms with E-state index in [0.29, 0.717) is 19.6 Å². The van der Waals surface area contributed by atoms with E-state index in [9.17, 15) is 19.5 Å². The Bertz CT molecular complexity index is 1600. The summed E-state index contributed by atoms with van der Waals surface area (Å²) in [6.45, 7) is 13.4. The number of piperidine rings is 2. The fourth-order valence-electron chi connectivity index (χ4n) is 6.85. The van der Waals surface area contributed by atoms with Crippen molar-refractivity contribution in [1.29, 1.82) is 0 Å². The standard InChI is InChI=1S/C34H47N5O5/c1-8-38(25-13-17-37(18-14-25)33(43)44-34(3,4)5)29-21-24(19-27(22(29)2)31(40)41)23-9-10-28-30(20-23)36(7)32(42)39(28)26-11-15-35(6)16-12-26/h9-10,19-21,25-26H,8,11-18H2,1-7H3,(H,40,41). The van der Waals surface area contributed by atoms with Crippen molar-refractivity contribution in [3.05, 3.63) is 51.9 Å². The van der Waals surface area contributed by atoms with Crippen molar-refractivity contribution in [3.63, 3.8) is 0 Å². The SMILES string of the molecule is CCN(c1cc(-c2ccc3c(c2)n(C)c(=O)n3C2CCN(C)CC2)cc(C(=O)O)c1C)C1CCN(C(=O)OC(C)(C)C)CC1. The Labute approximate surface area is 259 Å². The summed E-state index contributed by atoms with van der Waals surface area (Å²) in [5, 5.41) is 10.2. The summed E-state index contributed by atoms with van der Waals surface area (Å²) in [7, 11) is 3.92. The number of benzene rings is 2.